The highest BCUT2D eigenvalue weighted by Crippen LogP contribution is 2.15. The SMILES string of the molecule is C=CCOC[C@H](O)CN(Cc1ccc(F)cc1F)[C@@H](C)CC. The van der Waals surface area contributed by atoms with Gasteiger partial charge in [0.15, 0.2) is 0 Å². The Kier molecular flexibility index (Phi) is 8.24. The van der Waals surface area contributed by atoms with E-state index < -0.39 is 17.7 Å². The normalized spacial score (nSPS) is 14.1. The third-order valence-corrected chi connectivity index (χ3v) is 3.59. The standard InChI is InChI=1S/C17H25F2NO2/c1-4-8-22-12-16(21)11-20(13(3)5-2)10-14-6-7-15(18)9-17(14)19/h4,6-7,9,13,16,21H,1,5,8,10-12H2,2-3H3/t13-,16+/m0/s1. The topological polar surface area (TPSA) is 32.7 Å². The molecule has 0 bridgehead atoms. The van der Waals surface area contributed by atoms with Gasteiger partial charge in [0.2, 0.25) is 0 Å². The molecule has 0 aromatic heterocycles. The number of nitrogens with zero attached hydrogens (tertiary/aromatic N) is 1. The molecule has 0 aliphatic heterocycles. The van der Waals surface area contributed by atoms with E-state index in [1.807, 2.05) is 18.7 Å². The molecule has 0 heterocycles. The first-order valence-electron chi connectivity index (χ1n) is 7.52. The molecule has 0 aliphatic carbocycles. The Morgan fingerprint density at radius 2 is 2.14 bits per heavy atom. The van der Waals surface area contributed by atoms with Crippen molar-refractivity contribution >= 4 is 0 Å². The Balaban J connectivity index is 2.69. The molecule has 1 N–H and O–H groups in total. The van der Waals surface area contributed by atoms with Gasteiger partial charge in [0.05, 0.1) is 19.3 Å². The predicted molar refractivity (Wildman–Crippen MR) is 83.5 cm³/mol. The van der Waals surface area contributed by atoms with Crippen molar-refractivity contribution in [2.45, 2.75) is 39.0 Å². The minimum absolute atomic E-state index is 0.165. The van der Waals surface area contributed by atoms with Crippen molar-refractivity contribution in [3.63, 3.8) is 0 Å². The van der Waals surface area contributed by atoms with Crippen molar-refractivity contribution in [1.29, 1.82) is 0 Å². The van der Waals surface area contributed by atoms with E-state index in [4.69, 9.17) is 4.74 Å². The first-order valence-corrected chi connectivity index (χ1v) is 7.52. The molecule has 0 aliphatic rings. The highest BCUT2D eigenvalue weighted by atomic mass is 19.1. The van der Waals surface area contributed by atoms with Gasteiger partial charge in [-0.2, -0.15) is 0 Å². The van der Waals surface area contributed by atoms with Crippen LogP contribution in [-0.2, 0) is 11.3 Å². The summed E-state index contributed by atoms with van der Waals surface area (Å²) in [6, 6.07) is 3.74. The van der Waals surface area contributed by atoms with Gasteiger partial charge >= 0.3 is 0 Å². The average molecular weight is 313 g/mol. The summed E-state index contributed by atoms with van der Waals surface area (Å²) >= 11 is 0. The van der Waals surface area contributed by atoms with Crippen LogP contribution in [0.2, 0.25) is 0 Å². The summed E-state index contributed by atoms with van der Waals surface area (Å²) in [5, 5.41) is 10.0. The summed E-state index contributed by atoms with van der Waals surface area (Å²) < 4.78 is 32.0. The third-order valence-electron chi connectivity index (χ3n) is 3.59. The summed E-state index contributed by atoms with van der Waals surface area (Å²) in [4.78, 5) is 1.97. The second-order valence-electron chi connectivity index (χ2n) is 5.40. The zero-order chi connectivity index (χ0) is 16.5. The van der Waals surface area contributed by atoms with E-state index in [1.54, 1.807) is 6.08 Å². The number of ether oxygens (including phenoxy) is 1. The van der Waals surface area contributed by atoms with Crippen LogP contribution in [-0.4, -0.2) is 41.9 Å². The maximum absolute atomic E-state index is 13.8. The lowest BCUT2D eigenvalue weighted by atomic mass is 10.1. The van der Waals surface area contributed by atoms with Crippen molar-refractivity contribution < 1.29 is 18.6 Å². The van der Waals surface area contributed by atoms with Crippen LogP contribution in [0.4, 0.5) is 8.78 Å². The molecule has 0 saturated heterocycles. The fraction of sp³-hybridized carbons (Fsp3) is 0.529. The Hall–Kier alpha value is -1.30. The van der Waals surface area contributed by atoms with Gasteiger partial charge < -0.3 is 9.84 Å². The largest absolute Gasteiger partial charge is 0.389 e. The van der Waals surface area contributed by atoms with Crippen LogP contribution >= 0.6 is 0 Å². The van der Waals surface area contributed by atoms with Crippen molar-refractivity contribution in [3.05, 3.63) is 48.1 Å². The lowest BCUT2D eigenvalue weighted by Crippen LogP contribution is -2.40. The summed E-state index contributed by atoms with van der Waals surface area (Å²) in [6.07, 6.45) is 1.81. The van der Waals surface area contributed by atoms with Crippen molar-refractivity contribution in [2.24, 2.45) is 0 Å². The van der Waals surface area contributed by atoms with Gasteiger partial charge in [0, 0.05) is 30.8 Å². The van der Waals surface area contributed by atoms with Gasteiger partial charge in [-0.15, -0.1) is 6.58 Å². The summed E-state index contributed by atoms with van der Waals surface area (Å²) in [5.74, 6) is -1.15. The predicted octanol–water partition coefficient (Wildman–Crippen LogP) is 3.13. The second kappa shape index (κ2) is 9.66. The molecule has 0 amide bonds. The Bertz CT molecular complexity index is 468. The van der Waals surface area contributed by atoms with Crippen LogP contribution in [0.1, 0.15) is 25.8 Å². The molecule has 1 aromatic carbocycles. The lowest BCUT2D eigenvalue weighted by molar-refractivity contribution is 0.0154. The maximum Gasteiger partial charge on any atom is 0.130 e. The van der Waals surface area contributed by atoms with Gasteiger partial charge in [-0.05, 0) is 19.4 Å². The first-order chi connectivity index (χ1) is 10.5. The smallest absolute Gasteiger partial charge is 0.130 e. The van der Waals surface area contributed by atoms with E-state index in [2.05, 4.69) is 6.58 Å². The molecule has 0 fully saturated rings. The van der Waals surface area contributed by atoms with Gasteiger partial charge in [0.25, 0.3) is 0 Å². The van der Waals surface area contributed by atoms with Gasteiger partial charge in [-0.25, -0.2) is 8.78 Å². The molecular formula is C17H25F2NO2. The molecule has 22 heavy (non-hydrogen) atoms. The molecule has 5 heteroatoms. The Morgan fingerprint density at radius 1 is 1.41 bits per heavy atom. The van der Waals surface area contributed by atoms with Crippen molar-refractivity contribution in [3.8, 4) is 0 Å². The fourth-order valence-electron chi connectivity index (χ4n) is 2.14. The Labute approximate surface area is 131 Å². The Morgan fingerprint density at radius 3 is 2.73 bits per heavy atom. The van der Waals surface area contributed by atoms with Crippen LogP contribution in [0.15, 0.2) is 30.9 Å². The zero-order valence-corrected chi connectivity index (χ0v) is 13.3. The molecule has 2 atom stereocenters. The van der Waals surface area contributed by atoms with E-state index in [9.17, 15) is 13.9 Å². The number of hydrogen-bond acceptors (Lipinski definition) is 3. The molecule has 0 spiro atoms. The van der Waals surface area contributed by atoms with E-state index in [1.165, 1.54) is 12.1 Å². The highest BCUT2D eigenvalue weighted by Gasteiger charge is 2.18. The van der Waals surface area contributed by atoms with Gasteiger partial charge in [-0.1, -0.05) is 19.1 Å². The molecule has 124 valence electrons. The zero-order valence-electron chi connectivity index (χ0n) is 13.3. The monoisotopic (exact) mass is 313 g/mol. The van der Waals surface area contributed by atoms with Crippen LogP contribution in [0.25, 0.3) is 0 Å². The number of halogens is 2. The van der Waals surface area contributed by atoms with Crippen LogP contribution in [0.5, 0.6) is 0 Å². The molecule has 0 saturated carbocycles. The highest BCUT2D eigenvalue weighted by molar-refractivity contribution is 5.18. The number of benzene rings is 1. The quantitative estimate of drug-likeness (QED) is 0.532. The number of aliphatic hydroxyl groups is 1. The van der Waals surface area contributed by atoms with Crippen molar-refractivity contribution in [2.75, 3.05) is 19.8 Å². The molecular weight excluding hydrogens is 288 g/mol. The van der Waals surface area contributed by atoms with Crippen LogP contribution in [0.3, 0.4) is 0 Å². The van der Waals surface area contributed by atoms with E-state index in [0.29, 0.717) is 25.3 Å². The number of aliphatic hydroxyl groups excluding tert-OH is 1. The van der Waals surface area contributed by atoms with Crippen LogP contribution in [0, 0.1) is 11.6 Å². The molecule has 3 nitrogen and oxygen atoms in total. The molecule has 1 aromatic rings. The van der Waals surface area contributed by atoms with Gasteiger partial charge in [0.1, 0.15) is 11.6 Å². The fourth-order valence-corrected chi connectivity index (χ4v) is 2.14. The van der Waals surface area contributed by atoms with Crippen LogP contribution < -0.4 is 0 Å². The number of hydrogen-bond donors (Lipinski definition) is 1. The minimum atomic E-state index is -0.669. The van der Waals surface area contributed by atoms with E-state index in [-0.39, 0.29) is 12.6 Å². The van der Waals surface area contributed by atoms with Gasteiger partial charge in [-0.3, -0.25) is 4.90 Å². The molecule has 0 unspecified atom stereocenters. The molecule has 1 rings (SSSR count). The lowest BCUT2D eigenvalue weighted by Gasteiger charge is -2.30. The maximum atomic E-state index is 13.8. The van der Waals surface area contributed by atoms with E-state index in [0.717, 1.165) is 12.5 Å². The summed E-state index contributed by atoms with van der Waals surface area (Å²) in [6.45, 7) is 8.85. The van der Waals surface area contributed by atoms with Crippen molar-refractivity contribution in [1.82, 2.24) is 4.90 Å². The summed E-state index contributed by atoms with van der Waals surface area (Å²) in [7, 11) is 0. The van der Waals surface area contributed by atoms with E-state index >= 15 is 0 Å². The number of rotatable bonds is 10. The average Bonchev–Trinajstić information content (AvgIpc) is 2.48. The minimum Gasteiger partial charge on any atom is -0.389 e. The summed E-state index contributed by atoms with van der Waals surface area (Å²) in [5.41, 5.74) is 0.418. The third kappa shape index (κ3) is 6.22. The first kappa shape index (κ1) is 18.7. The molecule has 0 radical (unpaired) electrons. The second-order valence-corrected chi connectivity index (χ2v) is 5.40.